The number of ether oxygens (including phenoxy) is 1. The Labute approximate surface area is 138 Å². The van der Waals surface area contributed by atoms with E-state index in [0.29, 0.717) is 17.8 Å². The van der Waals surface area contributed by atoms with Gasteiger partial charge in [-0.2, -0.15) is 0 Å². The molecule has 0 unspecified atom stereocenters. The molecule has 1 aliphatic heterocycles. The lowest BCUT2D eigenvalue weighted by Gasteiger charge is -2.13. The number of oxime groups is 1. The van der Waals surface area contributed by atoms with Gasteiger partial charge >= 0.3 is 6.09 Å². The number of benzene rings is 2. The Morgan fingerprint density at radius 2 is 1.75 bits per heavy atom. The highest BCUT2D eigenvalue weighted by Gasteiger charge is 2.31. The Hall–Kier alpha value is -3.06. The first-order chi connectivity index (χ1) is 11.6. The number of aliphatic hydroxyl groups excluding tert-OH is 1. The summed E-state index contributed by atoms with van der Waals surface area (Å²) in [6, 6.07) is 14.7. The van der Waals surface area contributed by atoms with Gasteiger partial charge < -0.3 is 20.8 Å². The maximum atomic E-state index is 11.8. The van der Waals surface area contributed by atoms with E-state index in [-0.39, 0.29) is 12.4 Å². The van der Waals surface area contributed by atoms with E-state index in [1.807, 2.05) is 36.4 Å². The minimum absolute atomic E-state index is 0.0582. The van der Waals surface area contributed by atoms with Crippen molar-refractivity contribution in [2.24, 2.45) is 10.9 Å². The van der Waals surface area contributed by atoms with Crippen LogP contribution in [-0.2, 0) is 4.74 Å². The molecule has 0 aliphatic carbocycles. The second kappa shape index (κ2) is 6.59. The molecule has 1 atom stereocenters. The van der Waals surface area contributed by atoms with Gasteiger partial charge in [0.15, 0.2) is 5.84 Å². The highest BCUT2D eigenvalue weighted by Crippen LogP contribution is 2.26. The lowest BCUT2D eigenvalue weighted by atomic mass is 10.0. The van der Waals surface area contributed by atoms with Crippen molar-refractivity contribution in [3.8, 4) is 11.1 Å². The van der Waals surface area contributed by atoms with Crippen molar-refractivity contribution in [2.45, 2.75) is 6.10 Å². The van der Waals surface area contributed by atoms with Crippen LogP contribution in [0.3, 0.4) is 0 Å². The number of amidine groups is 1. The number of anilines is 1. The summed E-state index contributed by atoms with van der Waals surface area (Å²) in [5, 5.41) is 20.7. The molecule has 24 heavy (non-hydrogen) atoms. The summed E-state index contributed by atoms with van der Waals surface area (Å²) < 4.78 is 5.03. The minimum atomic E-state index is -0.483. The van der Waals surface area contributed by atoms with Crippen LogP contribution in [0.25, 0.3) is 11.1 Å². The zero-order valence-corrected chi connectivity index (χ0v) is 12.8. The molecule has 1 fully saturated rings. The molecular weight excluding hydrogens is 310 g/mol. The molecule has 4 N–H and O–H groups in total. The highest BCUT2D eigenvalue weighted by molar-refractivity contribution is 5.97. The molecule has 7 nitrogen and oxygen atoms in total. The normalized spacial score (nSPS) is 17.9. The van der Waals surface area contributed by atoms with Gasteiger partial charge in [0, 0.05) is 11.3 Å². The molecule has 1 aliphatic rings. The predicted molar refractivity (Wildman–Crippen MR) is 89.1 cm³/mol. The molecule has 1 saturated heterocycles. The second-order valence-electron chi connectivity index (χ2n) is 5.41. The summed E-state index contributed by atoms with van der Waals surface area (Å²) in [7, 11) is 0. The average molecular weight is 327 g/mol. The van der Waals surface area contributed by atoms with Crippen LogP contribution in [0.2, 0.25) is 0 Å². The van der Waals surface area contributed by atoms with E-state index < -0.39 is 12.2 Å². The van der Waals surface area contributed by atoms with Crippen LogP contribution in [0.4, 0.5) is 10.5 Å². The van der Waals surface area contributed by atoms with Gasteiger partial charge in [0.2, 0.25) is 0 Å². The van der Waals surface area contributed by atoms with Gasteiger partial charge in [-0.3, -0.25) is 4.90 Å². The van der Waals surface area contributed by atoms with Crippen molar-refractivity contribution in [1.29, 1.82) is 0 Å². The van der Waals surface area contributed by atoms with Crippen molar-refractivity contribution >= 4 is 17.6 Å². The lowest BCUT2D eigenvalue weighted by molar-refractivity contribution is 0.0963. The van der Waals surface area contributed by atoms with Crippen LogP contribution in [0.1, 0.15) is 5.56 Å². The lowest BCUT2D eigenvalue weighted by Crippen LogP contribution is -2.25. The molecule has 0 spiro atoms. The van der Waals surface area contributed by atoms with Crippen LogP contribution in [0.5, 0.6) is 0 Å². The zero-order valence-electron chi connectivity index (χ0n) is 12.8. The van der Waals surface area contributed by atoms with Crippen LogP contribution in [-0.4, -0.2) is 41.5 Å². The Morgan fingerprint density at radius 1 is 1.17 bits per heavy atom. The first-order valence-electron chi connectivity index (χ1n) is 7.40. The van der Waals surface area contributed by atoms with Gasteiger partial charge in [0.05, 0.1) is 13.2 Å². The van der Waals surface area contributed by atoms with E-state index in [0.717, 1.165) is 11.1 Å². The summed E-state index contributed by atoms with van der Waals surface area (Å²) in [5.74, 6) is 0.0582. The fraction of sp³-hybridized carbons (Fsp3) is 0.176. The minimum Gasteiger partial charge on any atom is -0.441 e. The van der Waals surface area contributed by atoms with Gasteiger partial charge in [0.1, 0.15) is 6.10 Å². The first kappa shape index (κ1) is 15.8. The van der Waals surface area contributed by atoms with E-state index in [1.165, 1.54) is 4.90 Å². The molecule has 1 amide bonds. The summed E-state index contributed by atoms with van der Waals surface area (Å²) in [6.07, 6.45) is -0.937. The Bertz CT molecular complexity index is 756. The standard InChI is InChI=1S/C17H17N3O4/c18-16(19-23)13-3-1-11(2-4-13)12-5-7-14(8-6-12)20-9-15(10-21)24-17(20)22/h1-8,15,21,23H,9-10H2,(H2,18,19)/t15-/m1/s1. The molecule has 0 bridgehead atoms. The van der Waals surface area contributed by atoms with E-state index in [4.69, 9.17) is 20.8 Å². The molecule has 2 aromatic rings. The molecule has 0 radical (unpaired) electrons. The molecule has 1 heterocycles. The number of rotatable bonds is 4. The number of cyclic esters (lactones) is 1. The monoisotopic (exact) mass is 327 g/mol. The molecule has 7 heteroatoms. The summed E-state index contributed by atoms with van der Waals surface area (Å²) in [4.78, 5) is 13.3. The van der Waals surface area contributed by atoms with Crippen LogP contribution in [0.15, 0.2) is 53.7 Å². The highest BCUT2D eigenvalue weighted by atomic mass is 16.6. The number of carbonyl (C=O) groups is 1. The third-order valence-corrected chi connectivity index (χ3v) is 3.88. The quantitative estimate of drug-likeness (QED) is 0.343. The van der Waals surface area contributed by atoms with Crippen molar-refractivity contribution in [3.05, 3.63) is 54.1 Å². The third-order valence-electron chi connectivity index (χ3n) is 3.88. The van der Waals surface area contributed by atoms with Crippen molar-refractivity contribution in [3.63, 3.8) is 0 Å². The molecule has 0 saturated carbocycles. The van der Waals surface area contributed by atoms with Gasteiger partial charge in [-0.1, -0.05) is 41.6 Å². The fourth-order valence-corrected chi connectivity index (χ4v) is 2.55. The maximum Gasteiger partial charge on any atom is 0.414 e. The van der Waals surface area contributed by atoms with E-state index in [1.54, 1.807) is 12.1 Å². The molecule has 124 valence electrons. The summed E-state index contributed by atoms with van der Waals surface area (Å²) >= 11 is 0. The summed E-state index contributed by atoms with van der Waals surface area (Å²) in [6.45, 7) is 0.149. The smallest absolute Gasteiger partial charge is 0.414 e. The third kappa shape index (κ3) is 3.02. The van der Waals surface area contributed by atoms with Crippen molar-refractivity contribution in [1.82, 2.24) is 0 Å². The van der Waals surface area contributed by atoms with E-state index in [9.17, 15) is 4.79 Å². The predicted octanol–water partition coefficient (Wildman–Crippen LogP) is 1.77. The number of nitrogens with two attached hydrogens (primary N) is 1. The zero-order chi connectivity index (χ0) is 17.1. The molecule has 3 rings (SSSR count). The molecular formula is C17H17N3O4. The average Bonchev–Trinajstić information content (AvgIpc) is 3.02. The summed E-state index contributed by atoms with van der Waals surface area (Å²) in [5.41, 5.74) is 8.82. The molecule has 0 aromatic heterocycles. The number of carbonyl (C=O) groups excluding carboxylic acids is 1. The Morgan fingerprint density at radius 3 is 2.25 bits per heavy atom. The van der Waals surface area contributed by atoms with E-state index >= 15 is 0 Å². The largest absolute Gasteiger partial charge is 0.441 e. The van der Waals surface area contributed by atoms with Gasteiger partial charge in [-0.15, -0.1) is 0 Å². The van der Waals surface area contributed by atoms with Crippen molar-refractivity contribution in [2.75, 3.05) is 18.1 Å². The van der Waals surface area contributed by atoms with Crippen LogP contribution in [0, 0.1) is 0 Å². The van der Waals surface area contributed by atoms with E-state index in [2.05, 4.69) is 5.16 Å². The van der Waals surface area contributed by atoms with Gasteiger partial charge in [-0.25, -0.2) is 4.79 Å². The van der Waals surface area contributed by atoms with Crippen molar-refractivity contribution < 1.29 is 19.8 Å². The number of amides is 1. The fourth-order valence-electron chi connectivity index (χ4n) is 2.55. The Balaban J connectivity index is 1.78. The molecule has 2 aromatic carbocycles. The topological polar surface area (TPSA) is 108 Å². The second-order valence-corrected chi connectivity index (χ2v) is 5.41. The van der Waals surface area contributed by atoms with Crippen LogP contribution < -0.4 is 10.6 Å². The Kier molecular flexibility index (Phi) is 4.35. The number of hydrogen-bond donors (Lipinski definition) is 3. The number of aliphatic hydroxyl groups is 1. The van der Waals surface area contributed by atoms with Crippen LogP contribution >= 0.6 is 0 Å². The SMILES string of the molecule is N/C(=N\O)c1ccc(-c2ccc(N3C[C@H](CO)OC3=O)cc2)cc1. The van der Waals surface area contributed by atoms with Gasteiger partial charge in [-0.05, 0) is 23.3 Å². The number of nitrogens with zero attached hydrogens (tertiary/aromatic N) is 2. The first-order valence-corrected chi connectivity index (χ1v) is 7.40. The van der Waals surface area contributed by atoms with Gasteiger partial charge in [0.25, 0.3) is 0 Å². The number of hydrogen-bond acceptors (Lipinski definition) is 5. The maximum absolute atomic E-state index is 11.8.